The monoisotopic (exact) mass is 432 g/mol. The Kier molecular flexibility index (Phi) is 7.82. The SMILES string of the molecule is C=CC1CCC(OCC(F)(F)Oc2ccc(-c3ccc(CCC)cc3)c(F)c2C)CC1. The Labute approximate surface area is 183 Å². The fourth-order valence-electron chi connectivity index (χ4n) is 4.04. The van der Waals surface area contributed by atoms with E-state index < -0.39 is 18.5 Å². The number of aryl methyl sites for hydroxylation is 1. The van der Waals surface area contributed by atoms with E-state index in [0.717, 1.165) is 38.5 Å². The van der Waals surface area contributed by atoms with Gasteiger partial charge in [0.2, 0.25) is 0 Å². The van der Waals surface area contributed by atoms with Crippen LogP contribution in [0.3, 0.4) is 0 Å². The molecule has 0 bridgehead atoms. The van der Waals surface area contributed by atoms with Crippen molar-refractivity contribution in [3.05, 3.63) is 66.0 Å². The van der Waals surface area contributed by atoms with Gasteiger partial charge in [0.15, 0.2) is 6.61 Å². The van der Waals surface area contributed by atoms with Crippen molar-refractivity contribution < 1.29 is 22.6 Å². The van der Waals surface area contributed by atoms with Crippen LogP contribution in [0.2, 0.25) is 0 Å². The number of halogens is 3. The van der Waals surface area contributed by atoms with Crippen molar-refractivity contribution in [1.29, 1.82) is 0 Å². The van der Waals surface area contributed by atoms with Crippen LogP contribution in [0.5, 0.6) is 5.75 Å². The highest BCUT2D eigenvalue weighted by atomic mass is 19.3. The van der Waals surface area contributed by atoms with Crippen LogP contribution in [0, 0.1) is 18.7 Å². The van der Waals surface area contributed by atoms with Crippen LogP contribution in [-0.2, 0) is 11.2 Å². The zero-order valence-electron chi connectivity index (χ0n) is 18.3. The molecule has 0 unspecified atom stereocenters. The van der Waals surface area contributed by atoms with E-state index in [1.54, 1.807) is 0 Å². The molecular weight excluding hydrogens is 401 g/mol. The van der Waals surface area contributed by atoms with Gasteiger partial charge in [0.25, 0.3) is 0 Å². The Morgan fingerprint density at radius 2 is 1.74 bits per heavy atom. The summed E-state index contributed by atoms with van der Waals surface area (Å²) in [4.78, 5) is 0. The molecule has 31 heavy (non-hydrogen) atoms. The van der Waals surface area contributed by atoms with Crippen molar-refractivity contribution in [3.8, 4) is 16.9 Å². The largest absolute Gasteiger partial charge is 0.430 e. The first-order valence-electron chi connectivity index (χ1n) is 11.0. The van der Waals surface area contributed by atoms with E-state index in [-0.39, 0.29) is 17.4 Å². The second kappa shape index (κ2) is 10.4. The third-order valence-electron chi connectivity index (χ3n) is 5.94. The standard InChI is InChI=1S/C26H31F3O2/c1-4-6-20-7-11-21(12-8-20)23-15-16-24(18(3)25(23)27)31-26(28,29)17-30-22-13-9-19(5-2)10-14-22/h5,7-8,11-12,15-16,19,22H,2,4,6,9-10,13-14,17H2,1,3H3. The number of hydrogen-bond donors (Lipinski definition) is 0. The smallest absolute Gasteiger partial charge is 0.421 e. The molecule has 3 rings (SSSR count). The molecule has 0 atom stereocenters. The van der Waals surface area contributed by atoms with Crippen molar-refractivity contribution in [1.82, 2.24) is 0 Å². The molecule has 1 fully saturated rings. The first-order chi connectivity index (χ1) is 14.8. The maximum Gasteiger partial charge on any atom is 0.421 e. The molecule has 2 aromatic carbocycles. The second-order valence-electron chi connectivity index (χ2n) is 8.32. The lowest BCUT2D eigenvalue weighted by Crippen LogP contribution is -2.34. The average molecular weight is 433 g/mol. The van der Waals surface area contributed by atoms with Gasteiger partial charge in [0.05, 0.1) is 6.10 Å². The van der Waals surface area contributed by atoms with Crippen molar-refractivity contribution >= 4 is 0 Å². The lowest BCUT2D eigenvalue weighted by atomic mass is 9.87. The lowest BCUT2D eigenvalue weighted by Gasteiger charge is -2.28. The summed E-state index contributed by atoms with van der Waals surface area (Å²) in [5, 5.41) is 0. The van der Waals surface area contributed by atoms with Crippen LogP contribution in [-0.4, -0.2) is 18.8 Å². The zero-order chi connectivity index (χ0) is 22.4. The summed E-state index contributed by atoms with van der Waals surface area (Å²) in [6, 6.07) is 10.5. The first-order valence-corrected chi connectivity index (χ1v) is 11.0. The Bertz CT molecular complexity index is 869. The van der Waals surface area contributed by atoms with E-state index in [4.69, 9.17) is 9.47 Å². The van der Waals surface area contributed by atoms with Crippen LogP contribution < -0.4 is 4.74 Å². The van der Waals surface area contributed by atoms with E-state index in [1.165, 1.54) is 24.6 Å². The fourth-order valence-corrected chi connectivity index (χ4v) is 4.04. The summed E-state index contributed by atoms with van der Waals surface area (Å²) in [6.45, 7) is 6.49. The van der Waals surface area contributed by atoms with Crippen LogP contribution in [0.15, 0.2) is 49.1 Å². The van der Waals surface area contributed by atoms with Crippen LogP contribution in [0.1, 0.15) is 50.2 Å². The minimum Gasteiger partial charge on any atom is -0.430 e. The molecule has 2 aromatic rings. The molecule has 0 saturated heterocycles. The van der Waals surface area contributed by atoms with Crippen LogP contribution in [0.4, 0.5) is 13.2 Å². The van der Waals surface area contributed by atoms with E-state index in [2.05, 4.69) is 13.5 Å². The van der Waals surface area contributed by atoms with E-state index in [0.29, 0.717) is 17.0 Å². The molecule has 0 heterocycles. The number of ether oxygens (including phenoxy) is 2. The molecule has 5 heteroatoms. The Balaban J connectivity index is 1.64. The number of allylic oxidation sites excluding steroid dienone is 1. The van der Waals surface area contributed by atoms with E-state index in [1.807, 2.05) is 30.3 Å². The van der Waals surface area contributed by atoms with Gasteiger partial charge in [-0.15, -0.1) is 6.58 Å². The van der Waals surface area contributed by atoms with Crippen LogP contribution >= 0.6 is 0 Å². The summed E-state index contributed by atoms with van der Waals surface area (Å²) in [5.74, 6) is -0.295. The lowest BCUT2D eigenvalue weighted by molar-refractivity contribution is -0.222. The van der Waals surface area contributed by atoms with E-state index in [9.17, 15) is 13.2 Å². The highest BCUT2D eigenvalue weighted by Gasteiger charge is 2.35. The van der Waals surface area contributed by atoms with Crippen molar-refractivity contribution in [3.63, 3.8) is 0 Å². The Morgan fingerprint density at radius 1 is 1.06 bits per heavy atom. The molecule has 1 aliphatic carbocycles. The molecule has 0 radical (unpaired) electrons. The summed E-state index contributed by atoms with van der Waals surface area (Å²) >= 11 is 0. The highest BCUT2D eigenvalue weighted by molar-refractivity contribution is 5.67. The second-order valence-corrected chi connectivity index (χ2v) is 8.32. The molecule has 0 spiro atoms. The molecular formula is C26H31F3O2. The molecule has 0 amide bonds. The summed E-state index contributed by atoms with van der Waals surface area (Å²) in [7, 11) is 0. The van der Waals surface area contributed by atoms with Gasteiger partial charge in [-0.1, -0.05) is 43.7 Å². The molecule has 1 saturated carbocycles. The predicted molar refractivity (Wildman–Crippen MR) is 118 cm³/mol. The first kappa shape index (κ1) is 23.4. The van der Waals surface area contributed by atoms with Gasteiger partial charge in [0.1, 0.15) is 11.6 Å². The Morgan fingerprint density at radius 3 is 2.35 bits per heavy atom. The number of hydrogen-bond acceptors (Lipinski definition) is 2. The molecule has 168 valence electrons. The van der Waals surface area contributed by atoms with E-state index >= 15 is 0 Å². The topological polar surface area (TPSA) is 18.5 Å². The minimum atomic E-state index is -3.53. The maximum absolute atomic E-state index is 15.0. The van der Waals surface area contributed by atoms with Gasteiger partial charge < -0.3 is 9.47 Å². The maximum atomic E-state index is 15.0. The molecule has 0 N–H and O–H groups in total. The average Bonchev–Trinajstić information content (AvgIpc) is 2.77. The Hall–Kier alpha value is -2.27. The number of benzene rings is 2. The van der Waals surface area contributed by atoms with Gasteiger partial charge in [-0.25, -0.2) is 4.39 Å². The van der Waals surface area contributed by atoms with Crippen molar-refractivity contribution in [2.24, 2.45) is 5.92 Å². The van der Waals surface area contributed by atoms with Crippen molar-refractivity contribution in [2.75, 3.05) is 6.61 Å². The third-order valence-corrected chi connectivity index (χ3v) is 5.94. The fraction of sp³-hybridized carbons (Fsp3) is 0.462. The quantitative estimate of drug-likeness (QED) is 0.382. The minimum absolute atomic E-state index is 0.0568. The highest BCUT2D eigenvalue weighted by Crippen LogP contribution is 2.34. The zero-order valence-corrected chi connectivity index (χ0v) is 18.3. The van der Waals surface area contributed by atoms with Gasteiger partial charge in [-0.3, -0.25) is 0 Å². The van der Waals surface area contributed by atoms with Crippen molar-refractivity contribution in [2.45, 2.75) is 64.6 Å². The molecule has 2 nitrogen and oxygen atoms in total. The van der Waals surface area contributed by atoms with Gasteiger partial charge in [-0.2, -0.15) is 8.78 Å². The molecule has 0 aromatic heterocycles. The van der Waals surface area contributed by atoms with Gasteiger partial charge in [0, 0.05) is 11.1 Å². The molecule has 0 aliphatic heterocycles. The number of rotatable bonds is 9. The summed E-state index contributed by atoms with van der Waals surface area (Å²) in [6.07, 6.45) is 3.41. The van der Waals surface area contributed by atoms with Crippen LogP contribution in [0.25, 0.3) is 11.1 Å². The number of alkyl halides is 2. The predicted octanol–water partition coefficient (Wildman–Crippen LogP) is 7.49. The molecule has 1 aliphatic rings. The third kappa shape index (κ3) is 6.13. The summed E-state index contributed by atoms with van der Waals surface area (Å²) < 4.78 is 54.0. The van der Waals surface area contributed by atoms with Gasteiger partial charge >= 0.3 is 6.11 Å². The summed E-state index contributed by atoms with van der Waals surface area (Å²) in [5.41, 5.74) is 2.31. The normalized spacial score (nSPS) is 19.3. The van der Waals surface area contributed by atoms with Gasteiger partial charge in [-0.05, 0) is 68.2 Å².